The first-order valence-corrected chi connectivity index (χ1v) is 6.63. The minimum atomic E-state index is -0.778. The van der Waals surface area contributed by atoms with Gasteiger partial charge in [-0.15, -0.1) is 0 Å². The molecule has 0 aromatic rings. The van der Waals surface area contributed by atoms with Crippen molar-refractivity contribution in [1.82, 2.24) is 10.6 Å². The molecule has 0 bridgehead atoms. The molecule has 0 aliphatic carbocycles. The molecule has 3 N–H and O–H groups in total. The van der Waals surface area contributed by atoms with Crippen LogP contribution in [0.3, 0.4) is 0 Å². The van der Waals surface area contributed by atoms with Crippen LogP contribution in [-0.2, 0) is 9.53 Å². The molecular formula is C13H26N2O4. The second kappa shape index (κ2) is 8.74. The summed E-state index contributed by atoms with van der Waals surface area (Å²) in [7, 11) is 0. The molecule has 19 heavy (non-hydrogen) atoms. The van der Waals surface area contributed by atoms with E-state index in [1.165, 1.54) is 0 Å². The average molecular weight is 274 g/mol. The largest absolute Gasteiger partial charge is 0.481 e. The summed E-state index contributed by atoms with van der Waals surface area (Å²) in [6.07, 6.45) is 1.14. The van der Waals surface area contributed by atoms with Gasteiger partial charge in [-0.25, -0.2) is 4.79 Å². The first-order valence-electron chi connectivity index (χ1n) is 6.63. The number of carboxylic acid groups (broad SMARTS) is 1. The lowest BCUT2D eigenvalue weighted by Gasteiger charge is -2.19. The number of rotatable bonds is 8. The van der Waals surface area contributed by atoms with E-state index in [2.05, 4.69) is 10.6 Å². The first kappa shape index (κ1) is 17.7. The van der Waals surface area contributed by atoms with Gasteiger partial charge < -0.3 is 20.5 Å². The smallest absolute Gasteiger partial charge is 0.407 e. The molecule has 0 rings (SSSR count). The Morgan fingerprint density at radius 2 is 1.89 bits per heavy atom. The molecule has 0 fully saturated rings. The third kappa shape index (κ3) is 12.9. The Morgan fingerprint density at radius 1 is 1.26 bits per heavy atom. The predicted octanol–water partition coefficient (Wildman–Crippen LogP) is 1.74. The van der Waals surface area contributed by atoms with Gasteiger partial charge in [0.2, 0.25) is 0 Å². The Labute approximate surface area is 114 Å². The van der Waals surface area contributed by atoms with Gasteiger partial charge in [0, 0.05) is 19.0 Å². The van der Waals surface area contributed by atoms with E-state index < -0.39 is 17.7 Å². The van der Waals surface area contributed by atoms with Gasteiger partial charge >= 0.3 is 12.1 Å². The average Bonchev–Trinajstić information content (AvgIpc) is 2.23. The fourth-order valence-electron chi connectivity index (χ4n) is 1.38. The molecule has 0 aromatic carbocycles. The van der Waals surface area contributed by atoms with Crippen LogP contribution in [0, 0.1) is 0 Å². The number of hydrogen-bond donors (Lipinski definition) is 3. The number of aliphatic carboxylic acids is 1. The summed E-state index contributed by atoms with van der Waals surface area (Å²) < 4.78 is 5.09. The molecule has 0 aromatic heterocycles. The number of carbonyl (C=O) groups is 2. The highest BCUT2D eigenvalue weighted by Gasteiger charge is 2.15. The van der Waals surface area contributed by atoms with Crippen molar-refractivity contribution >= 4 is 12.1 Å². The topological polar surface area (TPSA) is 87.7 Å². The fourth-order valence-corrected chi connectivity index (χ4v) is 1.38. The summed E-state index contributed by atoms with van der Waals surface area (Å²) in [6, 6.07) is 0.164. The number of nitrogens with one attached hydrogen (secondary N) is 2. The van der Waals surface area contributed by atoms with Crippen LogP contribution < -0.4 is 10.6 Å². The molecular weight excluding hydrogens is 248 g/mol. The van der Waals surface area contributed by atoms with Crippen molar-refractivity contribution < 1.29 is 19.4 Å². The SMILES string of the molecule is CC(CCC(=O)O)NCCCNC(=O)OC(C)(C)C. The zero-order valence-electron chi connectivity index (χ0n) is 12.3. The molecule has 0 heterocycles. The van der Waals surface area contributed by atoms with Crippen molar-refractivity contribution in [3.8, 4) is 0 Å². The molecule has 1 atom stereocenters. The van der Waals surface area contributed by atoms with Crippen LogP contribution in [0.1, 0.15) is 47.0 Å². The molecule has 1 unspecified atom stereocenters. The van der Waals surface area contributed by atoms with Crippen LogP contribution in [0.5, 0.6) is 0 Å². The zero-order chi connectivity index (χ0) is 14.9. The highest BCUT2D eigenvalue weighted by atomic mass is 16.6. The van der Waals surface area contributed by atoms with Crippen LogP contribution >= 0.6 is 0 Å². The van der Waals surface area contributed by atoms with Gasteiger partial charge in [-0.05, 0) is 47.1 Å². The van der Waals surface area contributed by atoms with Gasteiger partial charge in [-0.2, -0.15) is 0 Å². The third-order valence-corrected chi connectivity index (χ3v) is 2.31. The monoisotopic (exact) mass is 274 g/mol. The summed E-state index contributed by atoms with van der Waals surface area (Å²) in [5.74, 6) is -0.778. The van der Waals surface area contributed by atoms with Gasteiger partial charge in [-0.1, -0.05) is 0 Å². The maximum absolute atomic E-state index is 11.3. The summed E-state index contributed by atoms with van der Waals surface area (Å²) in [5.41, 5.74) is -0.478. The second-order valence-electron chi connectivity index (χ2n) is 5.57. The maximum Gasteiger partial charge on any atom is 0.407 e. The van der Waals surface area contributed by atoms with E-state index in [4.69, 9.17) is 9.84 Å². The number of amides is 1. The van der Waals surface area contributed by atoms with Crippen LogP contribution in [0.2, 0.25) is 0 Å². The van der Waals surface area contributed by atoms with E-state index in [9.17, 15) is 9.59 Å². The molecule has 6 nitrogen and oxygen atoms in total. The van der Waals surface area contributed by atoms with Gasteiger partial charge in [0.1, 0.15) is 5.60 Å². The van der Waals surface area contributed by atoms with Gasteiger partial charge in [-0.3, -0.25) is 4.79 Å². The van der Waals surface area contributed by atoms with Crippen molar-refractivity contribution in [3.05, 3.63) is 0 Å². The molecule has 112 valence electrons. The van der Waals surface area contributed by atoms with Crippen molar-refractivity contribution in [2.75, 3.05) is 13.1 Å². The molecule has 0 saturated carbocycles. The Morgan fingerprint density at radius 3 is 2.42 bits per heavy atom. The second-order valence-corrected chi connectivity index (χ2v) is 5.57. The molecule has 0 spiro atoms. The van der Waals surface area contributed by atoms with Crippen LogP contribution in [-0.4, -0.2) is 41.9 Å². The van der Waals surface area contributed by atoms with Crippen molar-refractivity contribution in [2.24, 2.45) is 0 Å². The molecule has 0 radical (unpaired) electrons. The lowest BCUT2D eigenvalue weighted by Crippen LogP contribution is -2.35. The summed E-state index contributed by atoms with van der Waals surface area (Å²) in [5, 5.41) is 14.4. The van der Waals surface area contributed by atoms with Crippen molar-refractivity contribution in [1.29, 1.82) is 0 Å². The van der Waals surface area contributed by atoms with E-state index in [-0.39, 0.29) is 12.5 Å². The fraction of sp³-hybridized carbons (Fsp3) is 0.846. The minimum absolute atomic E-state index is 0.164. The predicted molar refractivity (Wildman–Crippen MR) is 73.2 cm³/mol. The molecule has 0 aliphatic heterocycles. The van der Waals surface area contributed by atoms with E-state index in [1.807, 2.05) is 27.7 Å². The van der Waals surface area contributed by atoms with Crippen LogP contribution in [0.15, 0.2) is 0 Å². The third-order valence-electron chi connectivity index (χ3n) is 2.31. The van der Waals surface area contributed by atoms with Crippen LogP contribution in [0.4, 0.5) is 4.79 Å². The van der Waals surface area contributed by atoms with E-state index in [0.717, 1.165) is 13.0 Å². The minimum Gasteiger partial charge on any atom is -0.481 e. The quantitative estimate of drug-likeness (QED) is 0.587. The standard InChI is InChI=1S/C13H26N2O4/c1-10(6-7-11(16)17)14-8-5-9-15-12(18)19-13(2,3)4/h10,14H,5-9H2,1-4H3,(H,15,18)(H,16,17). The Hall–Kier alpha value is -1.30. The maximum atomic E-state index is 11.3. The first-order chi connectivity index (χ1) is 8.70. The molecule has 6 heteroatoms. The van der Waals surface area contributed by atoms with Crippen LogP contribution in [0.25, 0.3) is 0 Å². The van der Waals surface area contributed by atoms with E-state index >= 15 is 0 Å². The zero-order valence-corrected chi connectivity index (χ0v) is 12.3. The van der Waals surface area contributed by atoms with Gasteiger partial charge in [0.05, 0.1) is 0 Å². The Kier molecular flexibility index (Phi) is 8.14. The molecule has 1 amide bonds. The van der Waals surface area contributed by atoms with Gasteiger partial charge in [0.25, 0.3) is 0 Å². The summed E-state index contributed by atoms with van der Waals surface area (Å²) in [4.78, 5) is 21.7. The summed E-state index contributed by atoms with van der Waals surface area (Å²) in [6.45, 7) is 8.67. The number of hydrogen-bond acceptors (Lipinski definition) is 4. The summed E-state index contributed by atoms with van der Waals surface area (Å²) >= 11 is 0. The Bertz CT molecular complexity index is 287. The van der Waals surface area contributed by atoms with E-state index in [1.54, 1.807) is 0 Å². The number of carboxylic acids is 1. The van der Waals surface area contributed by atoms with Gasteiger partial charge in [0.15, 0.2) is 0 Å². The Balaban J connectivity index is 3.49. The van der Waals surface area contributed by atoms with Crippen molar-refractivity contribution in [3.63, 3.8) is 0 Å². The molecule has 0 aliphatic rings. The van der Waals surface area contributed by atoms with E-state index in [0.29, 0.717) is 13.0 Å². The van der Waals surface area contributed by atoms with Crippen molar-refractivity contribution in [2.45, 2.75) is 58.6 Å². The number of ether oxygens (including phenoxy) is 1. The molecule has 0 saturated heterocycles. The normalized spacial score (nSPS) is 12.8. The highest BCUT2D eigenvalue weighted by Crippen LogP contribution is 2.06. The lowest BCUT2D eigenvalue weighted by molar-refractivity contribution is -0.137. The number of carbonyl (C=O) groups excluding carboxylic acids is 1. The lowest BCUT2D eigenvalue weighted by atomic mass is 10.2. The number of alkyl carbamates (subject to hydrolysis) is 1. The highest BCUT2D eigenvalue weighted by molar-refractivity contribution is 5.67.